The number of nitrogens with one attached hydrogen (secondary N) is 1. The highest BCUT2D eigenvalue weighted by atomic mass is 127. The second kappa shape index (κ2) is 9.12. The van der Waals surface area contributed by atoms with E-state index < -0.39 is 14.6 Å². The molecule has 9 heteroatoms. The molecule has 0 spiro atoms. The van der Waals surface area contributed by atoms with Crippen LogP contribution in [-0.4, -0.2) is 64.1 Å². The Hall–Kier alpha value is -1.23. The number of aliphatic imine (C=N–C) groups is 1. The van der Waals surface area contributed by atoms with Gasteiger partial charge in [0.25, 0.3) is 0 Å². The third kappa shape index (κ3) is 4.93. The largest absolute Gasteiger partial charge is 0.493 e. The number of methoxy groups -OCH3 is 2. The van der Waals surface area contributed by atoms with Gasteiger partial charge in [-0.25, -0.2) is 8.42 Å². The summed E-state index contributed by atoms with van der Waals surface area (Å²) in [5.74, 6) is 2.18. The maximum atomic E-state index is 12.2. The smallest absolute Gasteiger partial charge is 0.193 e. The van der Waals surface area contributed by atoms with Crippen LogP contribution in [0.5, 0.6) is 11.5 Å². The maximum absolute atomic E-state index is 12.2. The van der Waals surface area contributed by atoms with Crippen molar-refractivity contribution in [1.29, 1.82) is 0 Å². The molecule has 0 bridgehead atoms. The lowest BCUT2D eigenvalue weighted by Crippen LogP contribution is -2.57. The van der Waals surface area contributed by atoms with Gasteiger partial charge in [-0.2, -0.15) is 0 Å². The van der Waals surface area contributed by atoms with Crippen LogP contribution >= 0.6 is 24.0 Å². The van der Waals surface area contributed by atoms with Crippen LogP contribution < -0.4 is 14.8 Å². The van der Waals surface area contributed by atoms with Crippen molar-refractivity contribution >= 4 is 39.8 Å². The molecule has 26 heavy (non-hydrogen) atoms. The molecule has 1 saturated heterocycles. The molecule has 0 amide bonds. The predicted molar refractivity (Wildman–Crippen MR) is 115 cm³/mol. The molecule has 1 fully saturated rings. The molecule has 0 atom stereocenters. The molecule has 0 aromatic heterocycles. The Bertz CT molecular complexity index is 750. The quantitative estimate of drug-likeness (QED) is 0.389. The molecule has 1 aromatic carbocycles. The van der Waals surface area contributed by atoms with Crippen LogP contribution in [0, 0.1) is 0 Å². The highest BCUT2D eigenvalue weighted by Gasteiger charge is 2.40. The Morgan fingerprint density at radius 3 is 2.46 bits per heavy atom. The lowest BCUT2D eigenvalue weighted by atomic mass is 10.2. The van der Waals surface area contributed by atoms with Gasteiger partial charge in [0, 0.05) is 26.7 Å². The number of hydrogen-bond donors (Lipinski definition) is 1. The van der Waals surface area contributed by atoms with Gasteiger partial charge in [0.1, 0.15) is 0 Å². The average Bonchev–Trinajstić information content (AvgIpc) is 2.58. The molecule has 0 unspecified atom stereocenters. The van der Waals surface area contributed by atoms with E-state index in [2.05, 4.69) is 10.3 Å². The van der Waals surface area contributed by atoms with Crippen molar-refractivity contribution in [2.45, 2.75) is 25.1 Å². The molecular weight excluding hydrogens is 469 g/mol. The Morgan fingerprint density at radius 1 is 1.27 bits per heavy atom. The SMILES string of the molecule is CN=C(NCc1ccc(OC)c(OC)c1)N1CCS(=O)(=O)C(C)(C)C1.I. The Labute approximate surface area is 173 Å². The fraction of sp³-hybridized carbons (Fsp3) is 0.588. The third-order valence-electron chi connectivity index (χ3n) is 4.45. The molecule has 1 aromatic rings. The summed E-state index contributed by atoms with van der Waals surface area (Å²) < 4.78 is 34.1. The summed E-state index contributed by atoms with van der Waals surface area (Å²) in [7, 11) is 1.83. The van der Waals surface area contributed by atoms with E-state index in [0.29, 0.717) is 37.1 Å². The van der Waals surface area contributed by atoms with Crippen LogP contribution in [0.4, 0.5) is 0 Å². The van der Waals surface area contributed by atoms with Crippen molar-refractivity contribution in [3.05, 3.63) is 23.8 Å². The predicted octanol–water partition coefficient (Wildman–Crippen LogP) is 1.91. The summed E-state index contributed by atoms with van der Waals surface area (Å²) in [6, 6.07) is 5.71. The standard InChI is InChI=1S/C17H27N3O4S.HI/c1-17(2)12-20(8-9-25(17,21)22)16(18-3)19-11-13-6-7-14(23-4)15(10-13)24-5;/h6-7,10H,8-9,11-12H2,1-5H3,(H,18,19);1H. The number of rotatable bonds is 4. The van der Waals surface area contributed by atoms with Gasteiger partial charge in [0.2, 0.25) is 0 Å². The van der Waals surface area contributed by atoms with E-state index in [-0.39, 0.29) is 29.7 Å². The van der Waals surface area contributed by atoms with Crippen LogP contribution in [0.2, 0.25) is 0 Å². The first-order valence-electron chi connectivity index (χ1n) is 8.13. The Balaban J connectivity index is 0.00000338. The number of benzene rings is 1. The molecule has 1 N–H and O–H groups in total. The van der Waals surface area contributed by atoms with E-state index in [4.69, 9.17) is 9.47 Å². The van der Waals surface area contributed by atoms with Gasteiger partial charge in [-0.15, -0.1) is 24.0 Å². The zero-order valence-corrected chi connectivity index (χ0v) is 19.1. The fourth-order valence-corrected chi connectivity index (χ4v) is 4.19. The lowest BCUT2D eigenvalue weighted by molar-refractivity contribution is 0.351. The molecule has 148 valence electrons. The number of ether oxygens (including phenoxy) is 2. The summed E-state index contributed by atoms with van der Waals surface area (Å²) in [5, 5.41) is 3.29. The zero-order valence-electron chi connectivity index (χ0n) is 15.9. The van der Waals surface area contributed by atoms with Crippen LogP contribution in [-0.2, 0) is 16.4 Å². The molecule has 1 aliphatic heterocycles. The highest BCUT2D eigenvalue weighted by Crippen LogP contribution is 2.27. The molecule has 1 heterocycles. The monoisotopic (exact) mass is 497 g/mol. The summed E-state index contributed by atoms with van der Waals surface area (Å²) in [6.45, 7) is 4.93. The van der Waals surface area contributed by atoms with Gasteiger partial charge in [-0.05, 0) is 31.5 Å². The first kappa shape index (κ1) is 22.8. The molecule has 0 saturated carbocycles. The fourth-order valence-electron chi connectivity index (χ4n) is 2.83. The number of nitrogens with zero attached hydrogens (tertiary/aromatic N) is 2. The molecule has 2 rings (SSSR count). The second-order valence-corrected chi connectivity index (χ2v) is 9.33. The van der Waals surface area contributed by atoms with Crippen molar-refractivity contribution in [2.75, 3.05) is 40.1 Å². The van der Waals surface area contributed by atoms with Crippen LogP contribution in [0.25, 0.3) is 0 Å². The molecule has 7 nitrogen and oxygen atoms in total. The van der Waals surface area contributed by atoms with Gasteiger partial charge in [0.15, 0.2) is 27.3 Å². The lowest BCUT2D eigenvalue weighted by Gasteiger charge is -2.39. The van der Waals surface area contributed by atoms with Gasteiger partial charge in [-0.3, -0.25) is 4.99 Å². The second-order valence-electron chi connectivity index (χ2n) is 6.59. The number of hydrogen-bond acceptors (Lipinski definition) is 5. The molecule has 0 aliphatic carbocycles. The van der Waals surface area contributed by atoms with Gasteiger partial charge < -0.3 is 19.7 Å². The summed E-state index contributed by atoms with van der Waals surface area (Å²) >= 11 is 0. The van der Waals surface area contributed by atoms with Crippen molar-refractivity contribution in [3.63, 3.8) is 0 Å². The van der Waals surface area contributed by atoms with Crippen LogP contribution in [0.3, 0.4) is 0 Å². The topological polar surface area (TPSA) is 80.2 Å². The van der Waals surface area contributed by atoms with E-state index in [0.717, 1.165) is 5.56 Å². The Kier molecular flexibility index (Phi) is 8.00. The maximum Gasteiger partial charge on any atom is 0.193 e. The molecule has 1 aliphatic rings. The van der Waals surface area contributed by atoms with Gasteiger partial charge in [-0.1, -0.05) is 6.07 Å². The first-order chi connectivity index (χ1) is 11.7. The van der Waals surface area contributed by atoms with E-state index in [9.17, 15) is 8.42 Å². The summed E-state index contributed by atoms with van der Waals surface area (Å²) in [5.41, 5.74) is 1.02. The van der Waals surface area contributed by atoms with Crippen molar-refractivity contribution < 1.29 is 17.9 Å². The van der Waals surface area contributed by atoms with E-state index >= 15 is 0 Å². The molecular formula is C17H28IN3O4S. The van der Waals surface area contributed by atoms with Crippen molar-refractivity contribution in [3.8, 4) is 11.5 Å². The minimum Gasteiger partial charge on any atom is -0.493 e. The van der Waals surface area contributed by atoms with Crippen LogP contribution in [0.15, 0.2) is 23.2 Å². The minimum absolute atomic E-state index is 0. The van der Waals surface area contributed by atoms with E-state index in [1.165, 1.54) is 0 Å². The summed E-state index contributed by atoms with van der Waals surface area (Å²) in [6.07, 6.45) is 0. The number of guanidine groups is 1. The minimum atomic E-state index is -3.07. The van der Waals surface area contributed by atoms with Crippen LogP contribution in [0.1, 0.15) is 19.4 Å². The molecule has 0 radical (unpaired) electrons. The van der Waals surface area contributed by atoms with Crippen molar-refractivity contribution in [2.24, 2.45) is 4.99 Å². The van der Waals surface area contributed by atoms with Gasteiger partial charge in [0.05, 0.1) is 24.7 Å². The third-order valence-corrected chi connectivity index (χ3v) is 6.99. The average molecular weight is 497 g/mol. The number of halogens is 1. The zero-order chi connectivity index (χ0) is 18.7. The van der Waals surface area contributed by atoms with Crippen molar-refractivity contribution in [1.82, 2.24) is 10.2 Å². The summed E-state index contributed by atoms with van der Waals surface area (Å²) in [4.78, 5) is 6.29. The van der Waals surface area contributed by atoms with E-state index in [1.807, 2.05) is 23.1 Å². The van der Waals surface area contributed by atoms with E-state index in [1.54, 1.807) is 35.1 Å². The highest BCUT2D eigenvalue weighted by molar-refractivity contribution is 14.0. The first-order valence-corrected chi connectivity index (χ1v) is 9.78. The van der Waals surface area contributed by atoms with Gasteiger partial charge >= 0.3 is 0 Å². The normalized spacial score (nSPS) is 18.7. The number of sulfone groups is 1. The Morgan fingerprint density at radius 2 is 1.92 bits per heavy atom.